The average molecular weight is 633 g/mol. The van der Waals surface area contributed by atoms with Gasteiger partial charge in [-0.05, 0) is 55.9 Å². The largest absolute Gasteiger partial charge is 0.444 e. The van der Waals surface area contributed by atoms with Crippen LogP contribution in [-0.4, -0.2) is 92.7 Å². The van der Waals surface area contributed by atoms with Crippen LogP contribution in [-0.2, 0) is 14.3 Å². The number of fused-ring (bicyclic) bond motifs is 5. The molecule has 0 bridgehead atoms. The van der Waals surface area contributed by atoms with Crippen LogP contribution in [0.25, 0.3) is 0 Å². The first-order valence-corrected chi connectivity index (χ1v) is 15.0. The van der Waals surface area contributed by atoms with Crippen molar-refractivity contribution in [3.63, 3.8) is 0 Å². The number of ketones is 1. The van der Waals surface area contributed by atoms with Crippen LogP contribution in [0.3, 0.4) is 0 Å². The van der Waals surface area contributed by atoms with Gasteiger partial charge < -0.3 is 25.0 Å². The van der Waals surface area contributed by atoms with Gasteiger partial charge in [0.25, 0.3) is 11.6 Å². The van der Waals surface area contributed by atoms with Gasteiger partial charge in [0, 0.05) is 48.4 Å². The van der Waals surface area contributed by atoms with Crippen molar-refractivity contribution >= 4 is 23.3 Å². The van der Waals surface area contributed by atoms with E-state index in [2.05, 4.69) is 0 Å². The van der Waals surface area contributed by atoms with Crippen LogP contribution in [0.2, 0.25) is 0 Å². The Bertz CT molecular complexity index is 1500. The molecule has 11 nitrogen and oxygen atoms in total. The lowest BCUT2D eigenvalue weighted by molar-refractivity contribution is -0.384. The Morgan fingerprint density at radius 2 is 1.93 bits per heavy atom. The normalized spacial score (nSPS) is 39.2. The van der Waals surface area contributed by atoms with Crippen molar-refractivity contribution in [1.29, 1.82) is 0 Å². The second-order valence-electron chi connectivity index (χ2n) is 13.5. The van der Waals surface area contributed by atoms with Crippen molar-refractivity contribution in [3.8, 4) is 0 Å². The predicted molar refractivity (Wildman–Crippen MR) is 155 cm³/mol. The highest BCUT2D eigenvalue weighted by molar-refractivity contribution is 6.01. The fourth-order valence-corrected chi connectivity index (χ4v) is 8.93. The van der Waals surface area contributed by atoms with Crippen molar-refractivity contribution in [2.75, 3.05) is 20.2 Å². The molecule has 0 aliphatic heterocycles. The van der Waals surface area contributed by atoms with E-state index >= 15 is 8.78 Å². The van der Waals surface area contributed by atoms with Gasteiger partial charge >= 0.3 is 5.97 Å². The number of carbonyl (C=O) groups is 3. The van der Waals surface area contributed by atoms with E-state index < -0.39 is 87.4 Å². The number of alkyl halides is 2. The van der Waals surface area contributed by atoms with Crippen molar-refractivity contribution in [2.45, 2.75) is 69.7 Å². The van der Waals surface area contributed by atoms with E-state index in [1.807, 2.05) is 0 Å². The number of non-ortho nitro benzene ring substituents is 1. The maximum Gasteiger partial charge on any atom is 0.339 e. The van der Waals surface area contributed by atoms with Crippen LogP contribution in [0.5, 0.6) is 0 Å². The standard InChI is InChI=1S/C32H38F2N2O9/c1-17-10-22-23-13-25(33)24-12-20(38)8-9-29(24,2)31(23,34)26(40)14-30(22,3)32(17,28(42)35(4)15-21(39)16-37)45-27(41)18-6-5-7-19(11-18)36(43)44/h5-9,11-12,17,21-23,25-26,37,39-40H,10,13-16H2,1-4H3/t17-,21?,22+,23?,25+,26?,29?,30+,31?,32+/m1/s1. The number of nitro groups is 1. The lowest BCUT2D eigenvalue weighted by Crippen LogP contribution is -2.71. The van der Waals surface area contributed by atoms with E-state index in [0.717, 1.165) is 23.1 Å². The molecule has 10 atom stereocenters. The maximum atomic E-state index is 17.7. The van der Waals surface area contributed by atoms with E-state index in [0.29, 0.717) is 0 Å². The highest BCUT2D eigenvalue weighted by Gasteiger charge is 2.78. The molecule has 13 heteroatoms. The number of hydrogen-bond donors (Lipinski definition) is 3. The number of aliphatic hydroxyl groups is 3. The SMILES string of the molecule is C[C@@H]1C[C@H]2C3C[C@H](F)C4=CC(=O)C=CC4(C)C3(F)C(O)C[C@]2(C)[C@@]1(OC(=O)c1cccc([N+](=O)[O-])c1)C(=O)N(C)CC(O)CO. The number of nitro benzene ring substituents is 1. The third-order valence-electron chi connectivity index (χ3n) is 11.1. The Balaban J connectivity index is 1.64. The van der Waals surface area contributed by atoms with Crippen molar-refractivity contribution in [3.05, 3.63) is 63.7 Å². The number of ether oxygens (including phenoxy) is 1. The fraction of sp³-hybridized carbons (Fsp3) is 0.594. The van der Waals surface area contributed by atoms with E-state index in [4.69, 9.17) is 4.74 Å². The molecule has 1 aromatic carbocycles. The number of nitrogens with zero attached hydrogens (tertiary/aromatic N) is 2. The Morgan fingerprint density at radius 1 is 1.24 bits per heavy atom. The molecule has 3 fully saturated rings. The lowest BCUT2D eigenvalue weighted by atomic mass is 9.44. The van der Waals surface area contributed by atoms with E-state index in [9.17, 15) is 39.8 Å². The number of amides is 1. The smallest absolute Gasteiger partial charge is 0.339 e. The fourth-order valence-electron chi connectivity index (χ4n) is 8.93. The molecule has 0 aromatic heterocycles. The average Bonchev–Trinajstić information content (AvgIpc) is 3.21. The Kier molecular flexibility index (Phi) is 8.07. The third-order valence-corrected chi connectivity index (χ3v) is 11.1. The number of allylic oxidation sites excluding steroid dienone is 4. The first-order valence-electron chi connectivity index (χ1n) is 15.0. The topological polar surface area (TPSA) is 168 Å². The zero-order valence-electron chi connectivity index (χ0n) is 25.5. The second kappa shape index (κ2) is 11.1. The van der Waals surface area contributed by atoms with Crippen LogP contribution in [0.1, 0.15) is 50.4 Å². The number of hydrogen-bond acceptors (Lipinski definition) is 9. The first kappa shape index (κ1) is 32.8. The van der Waals surface area contributed by atoms with E-state index in [-0.39, 0.29) is 42.6 Å². The van der Waals surface area contributed by atoms with Gasteiger partial charge in [-0.15, -0.1) is 0 Å². The van der Waals surface area contributed by atoms with Crippen molar-refractivity contribution in [2.24, 2.45) is 28.6 Å². The van der Waals surface area contributed by atoms with Crippen LogP contribution < -0.4 is 0 Å². The summed E-state index contributed by atoms with van der Waals surface area (Å²) in [4.78, 5) is 52.2. The molecule has 3 saturated carbocycles. The molecule has 0 radical (unpaired) electrons. The summed E-state index contributed by atoms with van der Waals surface area (Å²) in [6.45, 7) is 3.67. The van der Waals surface area contributed by atoms with Gasteiger partial charge in [0.2, 0.25) is 0 Å². The Labute approximate surface area is 258 Å². The van der Waals surface area contributed by atoms with Crippen LogP contribution in [0.15, 0.2) is 48.1 Å². The molecule has 244 valence electrons. The van der Waals surface area contributed by atoms with Gasteiger partial charge in [-0.3, -0.25) is 19.7 Å². The van der Waals surface area contributed by atoms with Gasteiger partial charge in [0.15, 0.2) is 17.1 Å². The highest BCUT2D eigenvalue weighted by Crippen LogP contribution is 2.71. The molecule has 4 aliphatic rings. The Hall–Kier alpha value is -3.55. The summed E-state index contributed by atoms with van der Waals surface area (Å²) in [7, 11) is 1.34. The van der Waals surface area contributed by atoms with Gasteiger partial charge in [-0.2, -0.15) is 0 Å². The third kappa shape index (κ3) is 4.57. The molecular formula is C32H38F2N2O9. The van der Waals surface area contributed by atoms with Gasteiger partial charge in [-0.25, -0.2) is 13.6 Å². The zero-order valence-corrected chi connectivity index (χ0v) is 25.5. The number of esters is 1. The van der Waals surface area contributed by atoms with Crippen molar-refractivity contribution < 1.29 is 48.1 Å². The number of rotatable bonds is 7. The summed E-state index contributed by atoms with van der Waals surface area (Å²) in [5.74, 6) is -5.13. The maximum absolute atomic E-state index is 17.7. The van der Waals surface area contributed by atoms with Crippen LogP contribution >= 0.6 is 0 Å². The second-order valence-corrected chi connectivity index (χ2v) is 13.5. The van der Waals surface area contributed by atoms with E-state index in [1.165, 1.54) is 38.2 Å². The zero-order chi connectivity index (χ0) is 33.3. The van der Waals surface area contributed by atoms with Crippen molar-refractivity contribution in [1.82, 2.24) is 4.90 Å². The number of likely N-dealkylation sites (N-methyl/N-ethyl adjacent to an activating group) is 1. The van der Waals surface area contributed by atoms with Gasteiger partial charge in [0.1, 0.15) is 6.17 Å². The van der Waals surface area contributed by atoms with Crippen LogP contribution in [0, 0.1) is 38.7 Å². The molecule has 0 heterocycles. The lowest BCUT2D eigenvalue weighted by Gasteiger charge is -2.63. The monoisotopic (exact) mass is 632 g/mol. The summed E-state index contributed by atoms with van der Waals surface area (Å²) >= 11 is 0. The minimum absolute atomic E-state index is 0.0559. The molecular weight excluding hydrogens is 594 g/mol. The molecule has 45 heavy (non-hydrogen) atoms. The molecule has 3 N–H and O–H groups in total. The minimum atomic E-state index is -2.44. The number of benzene rings is 1. The molecule has 4 aliphatic carbocycles. The number of halogens is 2. The molecule has 5 unspecified atom stereocenters. The molecule has 1 amide bonds. The molecule has 0 spiro atoms. The quantitative estimate of drug-likeness (QED) is 0.233. The summed E-state index contributed by atoms with van der Waals surface area (Å²) < 4.78 is 39.7. The number of aliphatic hydroxyl groups excluding tert-OH is 3. The van der Waals surface area contributed by atoms with Gasteiger partial charge in [-0.1, -0.05) is 26.0 Å². The molecule has 1 aromatic rings. The predicted octanol–water partition coefficient (Wildman–Crippen LogP) is 2.87. The van der Waals surface area contributed by atoms with Crippen LogP contribution in [0.4, 0.5) is 14.5 Å². The summed E-state index contributed by atoms with van der Waals surface area (Å²) in [6.07, 6.45) is -1.98. The molecule has 5 rings (SSSR count). The van der Waals surface area contributed by atoms with E-state index in [1.54, 1.807) is 13.8 Å². The Morgan fingerprint density at radius 3 is 2.58 bits per heavy atom. The number of carbonyl (C=O) groups excluding carboxylic acids is 3. The minimum Gasteiger partial charge on any atom is -0.444 e. The molecule has 0 saturated heterocycles. The van der Waals surface area contributed by atoms with Gasteiger partial charge in [0.05, 0.1) is 29.3 Å². The summed E-state index contributed by atoms with van der Waals surface area (Å²) in [5.41, 5.74) is -8.34. The first-order chi connectivity index (χ1) is 21.0. The summed E-state index contributed by atoms with van der Waals surface area (Å²) in [6, 6.07) is 4.76. The summed E-state index contributed by atoms with van der Waals surface area (Å²) in [5, 5.41) is 42.7. The highest BCUT2D eigenvalue weighted by atomic mass is 19.1.